The van der Waals surface area contributed by atoms with E-state index in [0.29, 0.717) is 16.7 Å². The normalized spacial score (nSPS) is 20.1. The first-order valence-corrected chi connectivity index (χ1v) is 5.85. The average molecular weight is 221 g/mol. The highest BCUT2D eigenvalue weighted by molar-refractivity contribution is 7.99. The van der Waals surface area contributed by atoms with Gasteiger partial charge in [0.05, 0.1) is 17.9 Å². The van der Waals surface area contributed by atoms with Crippen LogP contribution in [0.25, 0.3) is 0 Å². The number of thioether (sulfide) groups is 1. The number of hydrogen-bond donors (Lipinski definition) is 0. The van der Waals surface area contributed by atoms with Crippen molar-refractivity contribution < 1.29 is 4.74 Å². The van der Waals surface area contributed by atoms with Crippen LogP contribution in [0.3, 0.4) is 0 Å². The van der Waals surface area contributed by atoms with E-state index >= 15 is 0 Å². The van der Waals surface area contributed by atoms with Gasteiger partial charge in [-0.2, -0.15) is 10.4 Å². The van der Waals surface area contributed by atoms with E-state index in [1.54, 1.807) is 17.8 Å². The van der Waals surface area contributed by atoms with Crippen molar-refractivity contribution in [2.75, 3.05) is 12.4 Å². The molecule has 78 valence electrons. The molecule has 0 N–H and O–H groups in total. The topological polar surface area (TPSA) is 58.8 Å². The predicted molar refractivity (Wildman–Crippen MR) is 56.4 cm³/mol. The molecule has 2 heterocycles. The summed E-state index contributed by atoms with van der Waals surface area (Å²) < 4.78 is 5.50. The van der Waals surface area contributed by atoms with E-state index in [1.165, 1.54) is 6.20 Å². The minimum absolute atomic E-state index is 0.309. The van der Waals surface area contributed by atoms with Crippen molar-refractivity contribution >= 4 is 11.8 Å². The van der Waals surface area contributed by atoms with Gasteiger partial charge in [-0.15, -0.1) is 16.9 Å². The highest BCUT2D eigenvalue weighted by atomic mass is 32.2. The van der Waals surface area contributed by atoms with Crippen molar-refractivity contribution in [3.63, 3.8) is 0 Å². The third-order valence-corrected chi connectivity index (χ3v) is 3.35. The molecule has 1 fully saturated rings. The van der Waals surface area contributed by atoms with Gasteiger partial charge in [0.2, 0.25) is 0 Å². The SMILES string of the molecule is N#Cc1ccnnc1SCC1CCCO1. The van der Waals surface area contributed by atoms with Gasteiger partial charge in [-0.25, -0.2) is 0 Å². The van der Waals surface area contributed by atoms with Crippen LogP contribution in [0.15, 0.2) is 17.3 Å². The van der Waals surface area contributed by atoms with Crippen molar-refractivity contribution in [2.24, 2.45) is 0 Å². The molecule has 15 heavy (non-hydrogen) atoms. The smallest absolute Gasteiger partial charge is 0.137 e. The second-order valence-corrected chi connectivity index (χ2v) is 4.32. The highest BCUT2D eigenvalue weighted by Crippen LogP contribution is 2.23. The minimum atomic E-state index is 0.309. The summed E-state index contributed by atoms with van der Waals surface area (Å²) in [5.74, 6) is 0.855. The van der Waals surface area contributed by atoms with E-state index in [-0.39, 0.29) is 0 Å². The van der Waals surface area contributed by atoms with Crippen molar-refractivity contribution in [1.82, 2.24) is 10.2 Å². The Morgan fingerprint density at radius 1 is 1.67 bits per heavy atom. The van der Waals surface area contributed by atoms with Gasteiger partial charge >= 0.3 is 0 Å². The first kappa shape index (κ1) is 10.4. The Balaban J connectivity index is 1.95. The van der Waals surface area contributed by atoms with E-state index in [9.17, 15) is 0 Å². The molecule has 1 aromatic heterocycles. The van der Waals surface area contributed by atoms with Crippen molar-refractivity contribution in [1.29, 1.82) is 5.26 Å². The zero-order valence-corrected chi connectivity index (χ0v) is 9.04. The van der Waals surface area contributed by atoms with Gasteiger partial charge < -0.3 is 4.74 Å². The Kier molecular flexibility index (Phi) is 3.54. The Morgan fingerprint density at radius 3 is 3.33 bits per heavy atom. The summed E-state index contributed by atoms with van der Waals surface area (Å²) in [5, 5.41) is 17.3. The van der Waals surface area contributed by atoms with Gasteiger partial charge in [-0.05, 0) is 18.9 Å². The molecule has 0 aromatic carbocycles. The lowest BCUT2D eigenvalue weighted by Crippen LogP contribution is -2.08. The fourth-order valence-electron chi connectivity index (χ4n) is 1.46. The van der Waals surface area contributed by atoms with Gasteiger partial charge in [-0.1, -0.05) is 0 Å². The second-order valence-electron chi connectivity index (χ2n) is 3.31. The fraction of sp³-hybridized carbons (Fsp3) is 0.500. The van der Waals surface area contributed by atoms with Crippen LogP contribution in [0.2, 0.25) is 0 Å². The zero-order chi connectivity index (χ0) is 10.5. The Labute approximate surface area is 92.7 Å². The van der Waals surface area contributed by atoms with E-state index in [0.717, 1.165) is 25.2 Å². The predicted octanol–water partition coefficient (Wildman–Crippen LogP) is 1.62. The van der Waals surface area contributed by atoms with Gasteiger partial charge in [0.15, 0.2) is 0 Å². The summed E-state index contributed by atoms with van der Waals surface area (Å²) in [6.07, 6.45) is 4.09. The van der Waals surface area contributed by atoms with E-state index in [1.807, 2.05) is 0 Å². The number of ether oxygens (including phenoxy) is 1. The van der Waals surface area contributed by atoms with Crippen LogP contribution in [0.1, 0.15) is 18.4 Å². The van der Waals surface area contributed by atoms with Crippen molar-refractivity contribution in [2.45, 2.75) is 24.0 Å². The number of nitriles is 1. The molecular weight excluding hydrogens is 210 g/mol. The van der Waals surface area contributed by atoms with Gasteiger partial charge in [0, 0.05) is 12.4 Å². The molecule has 2 rings (SSSR count). The fourth-order valence-corrected chi connectivity index (χ4v) is 2.44. The summed E-state index contributed by atoms with van der Waals surface area (Å²) in [6, 6.07) is 3.79. The molecule has 0 saturated carbocycles. The molecule has 1 aliphatic rings. The molecule has 4 nitrogen and oxygen atoms in total. The largest absolute Gasteiger partial charge is 0.377 e. The van der Waals surface area contributed by atoms with Gasteiger partial charge in [0.1, 0.15) is 11.1 Å². The molecule has 1 aromatic rings. The van der Waals surface area contributed by atoms with Crippen LogP contribution in [-0.2, 0) is 4.74 Å². The van der Waals surface area contributed by atoms with Crippen LogP contribution in [0, 0.1) is 11.3 Å². The highest BCUT2D eigenvalue weighted by Gasteiger charge is 2.16. The third-order valence-electron chi connectivity index (χ3n) is 2.24. The summed E-state index contributed by atoms with van der Waals surface area (Å²) in [7, 11) is 0. The molecule has 0 spiro atoms. The van der Waals surface area contributed by atoms with Gasteiger partial charge in [0.25, 0.3) is 0 Å². The molecule has 5 heteroatoms. The molecule has 0 radical (unpaired) electrons. The summed E-state index contributed by atoms with van der Waals surface area (Å²) >= 11 is 1.55. The molecule has 1 aliphatic heterocycles. The lowest BCUT2D eigenvalue weighted by molar-refractivity contribution is 0.129. The number of aromatic nitrogens is 2. The van der Waals surface area contributed by atoms with Gasteiger partial charge in [-0.3, -0.25) is 0 Å². The monoisotopic (exact) mass is 221 g/mol. The molecule has 1 unspecified atom stereocenters. The maximum atomic E-state index is 8.85. The standard InChI is InChI=1S/C10H11N3OS/c11-6-8-3-4-12-13-10(8)15-7-9-2-1-5-14-9/h3-4,9H,1-2,5,7H2. The Hall–Kier alpha value is -1.12. The molecule has 0 amide bonds. The second kappa shape index (κ2) is 5.10. The average Bonchev–Trinajstić information content (AvgIpc) is 2.79. The van der Waals surface area contributed by atoms with E-state index in [4.69, 9.17) is 10.00 Å². The molecule has 0 aliphatic carbocycles. The van der Waals surface area contributed by atoms with Crippen LogP contribution < -0.4 is 0 Å². The molecule has 1 atom stereocenters. The molecular formula is C10H11N3OS. The maximum absolute atomic E-state index is 8.85. The molecule has 0 bridgehead atoms. The lowest BCUT2D eigenvalue weighted by Gasteiger charge is -2.07. The van der Waals surface area contributed by atoms with E-state index in [2.05, 4.69) is 16.3 Å². The Bertz CT molecular complexity index is 371. The van der Waals surface area contributed by atoms with Crippen LogP contribution in [0.5, 0.6) is 0 Å². The quantitative estimate of drug-likeness (QED) is 0.726. The van der Waals surface area contributed by atoms with Crippen molar-refractivity contribution in [3.05, 3.63) is 17.8 Å². The third kappa shape index (κ3) is 2.67. The number of rotatable bonds is 3. The minimum Gasteiger partial charge on any atom is -0.377 e. The molecule has 1 saturated heterocycles. The Morgan fingerprint density at radius 2 is 2.60 bits per heavy atom. The van der Waals surface area contributed by atoms with E-state index < -0.39 is 0 Å². The number of hydrogen-bond acceptors (Lipinski definition) is 5. The summed E-state index contributed by atoms with van der Waals surface area (Å²) in [6.45, 7) is 0.858. The summed E-state index contributed by atoms with van der Waals surface area (Å²) in [4.78, 5) is 0. The van der Waals surface area contributed by atoms with Crippen molar-refractivity contribution in [3.8, 4) is 6.07 Å². The number of nitrogens with zero attached hydrogens (tertiary/aromatic N) is 3. The maximum Gasteiger partial charge on any atom is 0.137 e. The first-order valence-electron chi connectivity index (χ1n) is 4.86. The van der Waals surface area contributed by atoms with Crippen LogP contribution in [0.4, 0.5) is 0 Å². The first-order chi connectivity index (χ1) is 7.40. The van der Waals surface area contributed by atoms with Crippen LogP contribution in [-0.4, -0.2) is 28.7 Å². The lowest BCUT2D eigenvalue weighted by atomic mass is 10.3. The summed E-state index contributed by atoms with van der Waals surface area (Å²) in [5.41, 5.74) is 0.591. The van der Waals surface area contributed by atoms with Crippen LogP contribution >= 0.6 is 11.8 Å². The zero-order valence-electron chi connectivity index (χ0n) is 8.22.